The molecule has 0 aromatic carbocycles. The Morgan fingerprint density at radius 2 is 1.95 bits per heavy atom. The monoisotopic (exact) mass is 337 g/mol. The number of halogens is 1. The van der Waals surface area contributed by atoms with E-state index in [1.807, 2.05) is 0 Å². The van der Waals surface area contributed by atoms with Gasteiger partial charge in [-0.1, -0.05) is 12.1 Å². The molecule has 21 heavy (non-hydrogen) atoms. The first-order valence-electron chi connectivity index (χ1n) is 7.10. The highest BCUT2D eigenvalue weighted by molar-refractivity contribution is 7.89. The number of nitrogens with zero attached hydrogens (tertiary/aromatic N) is 2. The molecule has 1 N–H and O–H groups in total. The van der Waals surface area contributed by atoms with Crippen molar-refractivity contribution in [2.75, 3.05) is 26.2 Å². The van der Waals surface area contributed by atoms with Gasteiger partial charge in [0.2, 0.25) is 10.0 Å². The molecule has 2 rings (SSSR count). The topological polar surface area (TPSA) is 75.4 Å². The van der Waals surface area contributed by atoms with Crippen molar-refractivity contribution >= 4 is 22.4 Å². The van der Waals surface area contributed by atoms with Crippen molar-refractivity contribution in [2.24, 2.45) is 5.92 Å². The number of piperidine rings is 1. The van der Waals surface area contributed by atoms with Crippen LogP contribution in [0.1, 0.15) is 31.2 Å². The van der Waals surface area contributed by atoms with Crippen molar-refractivity contribution in [3.05, 3.63) is 11.5 Å². The maximum absolute atomic E-state index is 12.6. The second kappa shape index (κ2) is 7.58. The minimum Gasteiger partial charge on any atom is -0.360 e. The third kappa shape index (κ3) is 3.97. The van der Waals surface area contributed by atoms with E-state index in [0.29, 0.717) is 30.5 Å². The second-order valence-corrected chi connectivity index (χ2v) is 7.18. The maximum atomic E-state index is 12.6. The van der Waals surface area contributed by atoms with Crippen molar-refractivity contribution in [3.8, 4) is 0 Å². The number of aromatic nitrogens is 1. The van der Waals surface area contributed by atoms with Crippen molar-refractivity contribution < 1.29 is 12.9 Å². The molecule has 2 heterocycles. The molecule has 0 atom stereocenters. The van der Waals surface area contributed by atoms with Crippen molar-refractivity contribution in [3.63, 3.8) is 0 Å². The van der Waals surface area contributed by atoms with Gasteiger partial charge in [0.15, 0.2) is 5.76 Å². The lowest BCUT2D eigenvalue weighted by Gasteiger charge is -2.31. The molecule has 0 spiro atoms. The zero-order chi connectivity index (χ0) is 14.8. The van der Waals surface area contributed by atoms with E-state index in [1.54, 1.807) is 18.2 Å². The van der Waals surface area contributed by atoms with Crippen LogP contribution in [-0.4, -0.2) is 44.1 Å². The van der Waals surface area contributed by atoms with Gasteiger partial charge in [-0.05, 0) is 45.7 Å². The summed E-state index contributed by atoms with van der Waals surface area (Å²) in [5.74, 6) is 0.934. The number of sulfonamides is 1. The summed E-state index contributed by atoms with van der Waals surface area (Å²) in [5, 5.41) is 7.07. The van der Waals surface area contributed by atoms with Crippen LogP contribution in [0.4, 0.5) is 0 Å². The minimum atomic E-state index is -3.47. The van der Waals surface area contributed by atoms with E-state index in [4.69, 9.17) is 4.52 Å². The molecule has 1 saturated heterocycles. The Morgan fingerprint density at radius 1 is 1.33 bits per heavy atom. The molecule has 0 saturated carbocycles. The summed E-state index contributed by atoms with van der Waals surface area (Å²) in [6, 6.07) is 0. The molecule has 0 amide bonds. The van der Waals surface area contributed by atoms with Crippen molar-refractivity contribution in [2.45, 2.75) is 38.5 Å². The van der Waals surface area contributed by atoms with Crippen LogP contribution in [0, 0.1) is 19.8 Å². The molecular weight excluding hydrogens is 314 g/mol. The summed E-state index contributed by atoms with van der Waals surface area (Å²) < 4.78 is 31.8. The van der Waals surface area contributed by atoms with Gasteiger partial charge in [-0.25, -0.2) is 8.42 Å². The average Bonchev–Trinajstić information content (AvgIpc) is 2.77. The Labute approximate surface area is 132 Å². The number of hydrogen-bond donors (Lipinski definition) is 1. The van der Waals surface area contributed by atoms with Gasteiger partial charge in [-0.15, -0.1) is 12.4 Å². The average molecular weight is 338 g/mol. The van der Waals surface area contributed by atoms with E-state index in [-0.39, 0.29) is 17.3 Å². The SMILES string of the molecule is CCNCC1CCN(S(=O)(=O)c2c(C)noc2C)CC1.Cl. The van der Waals surface area contributed by atoms with Crippen LogP contribution in [-0.2, 0) is 10.0 Å². The highest BCUT2D eigenvalue weighted by Crippen LogP contribution is 2.27. The van der Waals surface area contributed by atoms with Crippen LogP contribution in [0.3, 0.4) is 0 Å². The number of aryl methyl sites for hydroxylation is 2. The van der Waals surface area contributed by atoms with E-state index in [0.717, 1.165) is 25.9 Å². The third-order valence-electron chi connectivity index (χ3n) is 3.82. The first-order valence-corrected chi connectivity index (χ1v) is 8.54. The van der Waals surface area contributed by atoms with Crippen LogP contribution in [0.5, 0.6) is 0 Å². The summed E-state index contributed by atoms with van der Waals surface area (Å²) >= 11 is 0. The number of nitrogens with one attached hydrogen (secondary N) is 1. The Bertz CT molecular complexity index is 532. The molecule has 122 valence electrons. The van der Waals surface area contributed by atoms with E-state index in [1.165, 1.54) is 0 Å². The lowest BCUT2D eigenvalue weighted by molar-refractivity contribution is 0.268. The molecule has 0 radical (unpaired) electrons. The van der Waals surface area contributed by atoms with Gasteiger partial charge >= 0.3 is 0 Å². The highest BCUT2D eigenvalue weighted by atomic mass is 35.5. The largest absolute Gasteiger partial charge is 0.360 e. The van der Waals surface area contributed by atoms with Crippen molar-refractivity contribution in [1.82, 2.24) is 14.8 Å². The van der Waals surface area contributed by atoms with Gasteiger partial charge in [0, 0.05) is 13.1 Å². The van der Waals surface area contributed by atoms with Crippen LogP contribution in [0.2, 0.25) is 0 Å². The van der Waals surface area contributed by atoms with E-state index in [9.17, 15) is 8.42 Å². The van der Waals surface area contributed by atoms with Crippen molar-refractivity contribution in [1.29, 1.82) is 0 Å². The fourth-order valence-electron chi connectivity index (χ4n) is 2.67. The molecule has 6 nitrogen and oxygen atoms in total. The molecule has 1 fully saturated rings. The van der Waals surface area contributed by atoms with Gasteiger partial charge in [-0.2, -0.15) is 4.31 Å². The predicted octanol–water partition coefficient (Wildman–Crippen LogP) is 1.72. The standard InChI is InChI=1S/C13H23N3O3S.ClH/c1-4-14-9-12-5-7-16(8-6-12)20(17,18)13-10(2)15-19-11(13)3;/h12,14H,4-9H2,1-3H3;1H. The molecule has 0 bridgehead atoms. The van der Waals surface area contributed by atoms with Gasteiger partial charge < -0.3 is 9.84 Å². The predicted molar refractivity (Wildman–Crippen MR) is 83.3 cm³/mol. The van der Waals surface area contributed by atoms with E-state index < -0.39 is 10.0 Å². The Balaban J connectivity index is 0.00000220. The normalized spacial score (nSPS) is 17.7. The van der Waals surface area contributed by atoms with Crippen LogP contribution >= 0.6 is 12.4 Å². The molecule has 1 aromatic heterocycles. The van der Waals surface area contributed by atoms with Gasteiger partial charge in [0.05, 0.1) is 0 Å². The molecule has 1 aromatic rings. The number of hydrogen-bond acceptors (Lipinski definition) is 5. The first kappa shape index (κ1) is 18.4. The Hall–Kier alpha value is -0.630. The van der Waals surface area contributed by atoms with Gasteiger partial charge in [0.1, 0.15) is 10.6 Å². The van der Waals surface area contributed by atoms with Crippen LogP contribution < -0.4 is 5.32 Å². The summed E-state index contributed by atoms with van der Waals surface area (Å²) in [4.78, 5) is 0.239. The summed E-state index contributed by atoms with van der Waals surface area (Å²) in [6.45, 7) is 8.46. The molecule has 8 heteroatoms. The van der Waals surface area contributed by atoms with Gasteiger partial charge in [0.25, 0.3) is 0 Å². The summed E-state index contributed by atoms with van der Waals surface area (Å²) in [7, 11) is -3.47. The Morgan fingerprint density at radius 3 is 2.43 bits per heavy atom. The Kier molecular flexibility index (Phi) is 6.65. The summed E-state index contributed by atoms with van der Waals surface area (Å²) in [6.07, 6.45) is 1.80. The molecule has 1 aliphatic rings. The zero-order valence-electron chi connectivity index (χ0n) is 12.8. The van der Waals surface area contributed by atoms with Crippen LogP contribution in [0.25, 0.3) is 0 Å². The zero-order valence-corrected chi connectivity index (χ0v) is 14.4. The third-order valence-corrected chi connectivity index (χ3v) is 5.97. The molecular formula is C13H24ClN3O3S. The fourth-order valence-corrected chi connectivity index (χ4v) is 4.44. The van der Waals surface area contributed by atoms with E-state index >= 15 is 0 Å². The molecule has 0 unspecified atom stereocenters. The lowest BCUT2D eigenvalue weighted by atomic mass is 9.98. The minimum absolute atomic E-state index is 0. The van der Waals surface area contributed by atoms with Crippen LogP contribution in [0.15, 0.2) is 9.42 Å². The van der Waals surface area contributed by atoms with Gasteiger partial charge in [-0.3, -0.25) is 0 Å². The second-order valence-electron chi connectivity index (χ2n) is 5.31. The number of rotatable bonds is 5. The highest BCUT2D eigenvalue weighted by Gasteiger charge is 2.33. The smallest absolute Gasteiger partial charge is 0.248 e. The maximum Gasteiger partial charge on any atom is 0.248 e. The fraction of sp³-hybridized carbons (Fsp3) is 0.769. The summed E-state index contributed by atoms with van der Waals surface area (Å²) in [5.41, 5.74) is 0.442. The lowest BCUT2D eigenvalue weighted by Crippen LogP contribution is -2.41. The molecule has 0 aliphatic carbocycles. The van der Waals surface area contributed by atoms with E-state index in [2.05, 4.69) is 17.4 Å². The quantitative estimate of drug-likeness (QED) is 0.885. The molecule has 1 aliphatic heterocycles. The first-order chi connectivity index (χ1) is 9.46.